The number of nitrogens with one attached hydrogen (secondary N) is 1. The van der Waals surface area contributed by atoms with Gasteiger partial charge in [0.05, 0.1) is 6.04 Å². The van der Waals surface area contributed by atoms with Gasteiger partial charge in [-0.1, -0.05) is 61.5 Å². The third-order valence-corrected chi connectivity index (χ3v) is 3.74. The quantitative estimate of drug-likeness (QED) is 0.858. The SMILES string of the molecule is CCc1ccc(C2=CC(c3ccccc3)NC=C2)cc1. The smallest absolute Gasteiger partial charge is 0.0701 e. The van der Waals surface area contributed by atoms with Gasteiger partial charge in [-0.3, -0.25) is 0 Å². The van der Waals surface area contributed by atoms with Crippen molar-refractivity contribution >= 4 is 5.57 Å². The Hall–Kier alpha value is -2.28. The monoisotopic (exact) mass is 261 g/mol. The molecule has 20 heavy (non-hydrogen) atoms. The molecule has 100 valence electrons. The molecule has 0 aliphatic carbocycles. The zero-order valence-electron chi connectivity index (χ0n) is 11.7. The van der Waals surface area contributed by atoms with E-state index in [9.17, 15) is 0 Å². The second-order valence-electron chi connectivity index (χ2n) is 5.06. The van der Waals surface area contributed by atoms with Crippen LogP contribution in [-0.4, -0.2) is 0 Å². The van der Waals surface area contributed by atoms with Gasteiger partial charge in [0.25, 0.3) is 0 Å². The minimum atomic E-state index is 0.252. The summed E-state index contributed by atoms with van der Waals surface area (Å²) in [5.41, 5.74) is 5.23. The van der Waals surface area contributed by atoms with E-state index in [1.54, 1.807) is 0 Å². The third-order valence-electron chi connectivity index (χ3n) is 3.74. The molecular weight excluding hydrogens is 242 g/mol. The topological polar surface area (TPSA) is 12.0 Å². The highest BCUT2D eigenvalue weighted by Gasteiger charge is 2.11. The van der Waals surface area contributed by atoms with Crippen molar-refractivity contribution in [2.75, 3.05) is 0 Å². The maximum Gasteiger partial charge on any atom is 0.0701 e. The zero-order valence-corrected chi connectivity index (χ0v) is 11.7. The number of dihydropyridines is 1. The lowest BCUT2D eigenvalue weighted by Gasteiger charge is -2.19. The van der Waals surface area contributed by atoms with E-state index in [-0.39, 0.29) is 6.04 Å². The highest BCUT2D eigenvalue weighted by molar-refractivity contribution is 5.75. The molecule has 0 aromatic heterocycles. The molecule has 1 atom stereocenters. The van der Waals surface area contributed by atoms with Gasteiger partial charge in [-0.25, -0.2) is 0 Å². The Labute approximate surface area is 120 Å². The predicted molar refractivity (Wildman–Crippen MR) is 85.3 cm³/mol. The van der Waals surface area contributed by atoms with Gasteiger partial charge in [0.2, 0.25) is 0 Å². The second-order valence-corrected chi connectivity index (χ2v) is 5.06. The first kappa shape index (κ1) is 12.7. The summed E-state index contributed by atoms with van der Waals surface area (Å²) in [7, 11) is 0. The summed E-state index contributed by atoms with van der Waals surface area (Å²) in [6, 6.07) is 19.6. The van der Waals surface area contributed by atoms with Crippen molar-refractivity contribution in [1.29, 1.82) is 0 Å². The maximum atomic E-state index is 3.40. The summed E-state index contributed by atoms with van der Waals surface area (Å²) in [5.74, 6) is 0. The average Bonchev–Trinajstić information content (AvgIpc) is 2.56. The van der Waals surface area contributed by atoms with Crippen LogP contribution in [-0.2, 0) is 6.42 Å². The maximum absolute atomic E-state index is 3.40. The summed E-state index contributed by atoms with van der Waals surface area (Å²) in [6.07, 6.45) is 7.56. The van der Waals surface area contributed by atoms with Gasteiger partial charge in [0.15, 0.2) is 0 Å². The Kier molecular flexibility index (Phi) is 3.69. The number of aryl methyl sites for hydroxylation is 1. The van der Waals surface area contributed by atoms with Crippen molar-refractivity contribution in [3.8, 4) is 0 Å². The summed E-state index contributed by atoms with van der Waals surface area (Å²) in [5, 5.41) is 3.40. The third kappa shape index (κ3) is 2.67. The molecule has 1 aliphatic heterocycles. The van der Waals surface area contributed by atoms with Crippen LogP contribution in [0.3, 0.4) is 0 Å². The molecule has 3 rings (SSSR count). The molecule has 0 saturated carbocycles. The van der Waals surface area contributed by atoms with Crippen LogP contribution in [0.1, 0.15) is 29.7 Å². The Morgan fingerprint density at radius 1 is 0.950 bits per heavy atom. The van der Waals surface area contributed by atoms with E-state index >= 15 is 0 Å². The Morgan fingerprint density at radius 2 is 1.70 bits per heavy atom. The van der Waals surface area contributed by atoms with E-state index in [0.29, 0.717) is 0 Å². The Morgan fingerprint density at radius 3 is 2.40 bits per heavy atom. The lowest BCUT2D eigenvalue weighted by Crippen LogP contribution is -2.16. The van der Waals surface area contributed by atoms with Crippen LogP contribution >= 0.6 is 0 Å². The number of hydrogen-bond acceptors (Lipinski definition) is 1. The Balaban J connectivity index is 1.88. The largest absolute Gasteiger partial charge is 0.381 e. The normalized spacial score (nSPS) is 17.4. The number of hydrogen-bond donors (Lipinski definition) is 1. The Bertz CT molecular complexity index is 621. The lowest BCUT2D eigenvalue weighted by molar-refractivity contribution is 0.749. The van der Waals surface area contributed by atoms with Gasteiger partial charge in [-0.15, -0.1) is 0 Å². The molecule has 0 fully saturated rings. The zero-order chi connectivity index (χ0) is 13.8. The molecule has 0 bridgehead atoms. The van der Waals surface area contributed by atoms with Gasteiger partial charge in [0.1, 0.15) is 0 Å². The molecule has 0 amide bonds. The average molecular weight is 261 g/mol. The minimum absolute atomic E-state index is 0.252. The van der Waals surface area contributed by atoms with Gasteiger partial charge < -0.3 is 5.32 Å². The van der Waals surface area contributed by atoms with Crippen LogP contribution in [0.5, 0.6) is 0 Å². The summed E-state index contributed by atoms with van der Waals surface area (Å²) < 4.78 is 0. The first-order valence-electron chi connectivity index (χ1n) is 7.15. The molecule has 2 aromatic carbocycles. The predicted octanol–water partition coefficient (Wildman–Crippen LogP) is 4.49. The van der Waals surface area contributed by atoms with E-state index in [4.69, 9.17) is 0 Å². The summed E-state index contributed by atoms with van der Waals surface area (Å²) >= 11 is 0. The highest BCUT2D eigenvalue weighted by Crippen LogP contribution is 2.25. The van der Waals surface area contributed by atoms with Crippen molar-refractivity contribution in [2.24, 2.45) is 0 Å². The lowest BCUT2D eigenvalue weighted by atomic mass is 9.96. The van der Waals surface area contributed by atoms with Gasteiger partial charge in [-0.05, 0) is 47.0 Å². The van der Waals surface area contributed by atoms with Gasteiger partial charge >= 0.3 is 0 Å². The minimum Gasteiger partial charge on any atom is -0.381 e. The molecule has 1 aliphatic rings. The molecule has 0 radical (unpaired) electrons. The highest BCUT2D eigenvalue weighted by atomic mass is 14.9. The molecule has 1 unspecified atom stereocenters. The standard InChI is InChI=1S/C19H19N/c1-2-15-8-10-16(11-9-15)18-12-13-20-19(14-18)17-6-4-3-5-7-17/h3-14,19-20H,2H2,1H3. The first-order chi connectivity index (χ1) is 9.86. The number of benzene rings is 2. The first-order valence-corrected chi connectivity index (χ1v) is 7.15. The van der Waals surface area contributed by atoms with Crippen LogP contribution in [0.4, 0.5) is 0 Å². The summed E-state index contributed by atoms with van der Waals surface area (Å²) in [6.45, 7) is 2.18. The van der Waals surface area contributed by atoms with E-state index in [1.165, 1.54) is 22.3 Å². The fraction of sp³-hybridized carbons (Fsp3) is 0.158. The van der Waals surface area contributed by atoms with Gasteiger partial charge in [0, 0.05) is 0 Å². The van der Waals surface area contributed by atoms with E-state index in [0.717, 1.165) is 6.42 Å². The van der Waals surface area contributed by atoms with Crippen molar-refractivity contribution < 1.29 is 0 Å². The fourth-order valence-electron chi connectivity index (χ4n) is 2.50. The van der Waals surface area contributed by atoms with Crippen LogP contribution in [0.25, 0.3) is 5.57 Å². The van der Waals surface area contributed by atoms with E-state index in [2.05, 4.69) is 79.0 Å². The molecule has 0 saturated heterocycles. The van der Waals surface area contributed by atoms with E-state index < -0.39 is 0 Å². The molecule has 2 aromatic rings. The molecule has 1 heterocycles. The number of allylic oxidation sites excluding steroid dienone is 2. The summed E-state index contributed by atoms with van der Waals surface area (Å²) in [4.78, 5) is 0. The second kappa shape index (κ2) is 5.79. The van der Waals surface area contributed by atoms with Crippen LogP contribution in [0, 0.1) is 0 Å². The van der Waals surface area contributed by atoms with Crippen LogP contribution in [0.2, 0.25) is 0 Å². The van der Waals surface area contributed by atoms with Crippen LogP contribution in [0.15, 0.2) is 72.9 Å². The molecular formula is C19H19N. The fourth-order valence-corrected chi connectivity index (χ4v) is 2.50. The molecule has 1 heteroatoms. The van der Waals surface area contributed by atoms with Crippen molar-refractivity contribution in [1.82, 2.24) is 5.32 Å². The molecule has 1 N–H and O–H groups in total. The molecule has 0 spiro atoms. The molecule has 1 nitrogen and oxygen atoms in total. The van der Waals surface area contributed by atoms with E-state index in [1.807, 2.05) is 6.20 Å². The van der Waals surface area contributed by atoms with Crippen molar-refractivity contribution in [2.45, 2.75) is 19.4 Å². The van der Waals surface area contributed by atoms with Gasteiger partial charge in [-0.2, -0.15) is 0 Å². The van der Waals surface area contributed by atoms with Crippen LogP contribution < -0.4 is 5.32 Å². The number of rotatable bonds is 3. The van der Waals surface area contributed by atoms with Crippen molar-refractivity contribution in [3.05, 3.63) is 89.6 Å². The van der Waals surface area contributed by atoms with Crippen molar-refractivity contribution in [3.63, 3.8) is 0 Å².